The zero-order valence-electron chi connectivity index (χ0n) is 14.0. The van der Waals surface area contributed by atoms with Crippen molar-refractivity contribution in [2.45, 2.75) is 12.5 Å². The fraction of sp³-hybridized carbons (Fsp3) is 0.263. The van der Waals surface area contributed by atoms with Crippen LogP contribution in [-0.2, 0) is 20.7 Å². The molecule has 2 amide bonds. The predicted octanol–water partition coefficient (Wildman–Crippen LogP) is 2.06. The molecule has 6 nitrogen and oxygen atoms in total. The Bertz CT molecular complexity index is 758. The minimum atomic E-state index is -0.714. The topological polar surface area (TPSA) is 76.7 Å². The largest absolute Gasteiger partial charge is 0.497 e. The lowest BCUT2D eigenvalue weighted by Gasteiger charge is -2.26. The normalized spacial score (nSPS) is 15.8. The van der Waals surface area contributed by atoms with Crippen LogP contribution in [0.5, 0.6) is 5.75 Å². The number of hydrogen-bond acceptors (Lipinski definition) is 4. The van der Waals surface area contributed by atoms with Gasteiger partial charge in [-0.1, -0.05) is 24.3 Å². The smallest absolute Gasteiger partial charge is 0.313 e. The fourth-order valence-electron chi connectivity index (χ4n) is 2.77. The monoisotopic (exact) mass is 340 g/mol. The number of ether oxygens (including phenoxy) is 2. The van der Waals surface area contributed by atoms with Crippen molar-refractivity contribution in [2.24, 2.45) is 0 Å². The Labute approximate surface area is 146 Å². The lowest BCUT2D eigenvalue weighted by atomic mass is 9.97. The van der Waals surface area contributed by atoms with E-state index in [9.17, 15) is 9.59 Å². The van der Waals surface area contributed by atoms with Crippen LogP contribution in [0.1, 0.15) is 17.2 Å². The van der Waals surface area contributed by atoms with E-state index < -0.39 is 11.8 Å². The van der Waals surface area contributed by atoms with E-state index in [0.29, 0.717) is 18.0 Å². The molecular formula is C19H20N2O4. The average molecular weight is 340 g/mol. The third kappa shape index (κ3) is 4.16. The van der Waals surface area contributed by atoms with Crippen LogP contribution >= 0.6 is 0 Å². The van der Waals surface area contributed by atoms with Crippen molar-refractivity contribution in [1.29, 1.82) is 0 Å². The lowest BCUT2D eigenvalue weighted by Crippen LogP contribution is -2.38. The first-order chi connectivity index (χ1) is 12.2. The number of rotatable bonds is 4. The van der Waals surface area contributed by atoms with Crippen molar-refractivity contribution in [3.8, 4) is 5.75 Å². The molecule has 0 spiro atoms. The molecule has 0 aliphatic carbocycles. The van der Waals surface area contributed by atoms with E-state index in [4.69, 9.17) is 9.47 Å². The molecule has 1 heterocycles. The minimum absolute atomic E-state index is 0.234. The molecule has 0 fully saturated rings. The highest BCUT2D eigenvalue weighted by Gasteiger charge is 2.22. The van der Waals surface area contributed by atoms with Crippen molar-refractivity contribution in [3.63, 3.8) is 0 Å². The van der Waals surface area contributed by atoms with Crippen LogP contribution in [-0.4, -0.2) is 32.1 Å². The van der Waals surface area contributed by atoms with Gasteiger partial charge in [0, 0.05) is 12.2 Å². The van der Waals surface area contributed by atoms with Crippen LogP contribution in [0.2, 0.25) is 0 Å². The van der Waals surface area contributed by atoms with Crippen molar-refractivity contribution in [3.05, 3.63) is 59.7 Å². The second-order valence-corrected chi connectivity index (χ2v) is 5.70. The van der Waals surface area contributed by atoms with Crippen molar-refractivity contribution in [2.75, 3.05) is 25.6 Å². The number of anilines is 1. The Morgan fingerprint density at radius 3 is 2.64 bits per heavy atom. The molecule has 0 unspecified atom stereocenters. The number of hydrogen-bond donors (Lipinski definition) is 2. The van der Waals surface area contributed by atoms with Crippen LogP contribution in [0.25, 0.3) is 0 Å². The van der Waals surface area contributed by atoms with Gasteiger partial charge in [-0.2, -0.15) is 0 Å². The van der Waals surface area contributed by atoms with Crippen LogP contribution in [0.3, 0.4) is 0 Å². The number of amides is 2. The summed E-state index contributed by atoms with van der Waals surface area (Å²) >= 11 is 0. The summed E-state index contributed by atoms with van der Waals surface area (Å²) in [7, 11) is 1.56. The third-order valence-electron chi connectivity index (χ3n) is 4.09. The summed E-state index contributed by atoms with van der Waals surface area (Å²) in [5.41, 5.74) is 2.81. The zero-order chi connectivity index (χ0) is 17.6. The maximum atomic E-state index is 12.0. The standard InChI is InChI=1S/C19H20N2O4/c1-24-15-8-6-14(7-9-15)21-19(23)18(22)20-12-17-16-5-3-2-4-13(16)10-11-25-17/h2-9,17H,10-12H2,1H3,(H,20,22)(H,21,23)/t17-/m0/s1. The SMILES string of the molecule is COc1ccc(NC(=O)C(=O)NC[C@@H]2OCCc3ccccc32)cc1. The van der Waals surface area contributed by atoms with E-state index in [0.717, 1.165) is 12.0 Å². The number of carbonyl (C=O) groups excluding carboxylic acids is 2. The van der Waals surface area contributed by atoms with Crippen molar-refractivity contribution < 1.29 is 19.1 Å². The van der Waals surface area contributed by atoms with E-state index in [-0.39, 0.29) is 12.6 Å². The molecule has 1 atom stereocenters. The molecule has 2 aromatic rings. The van der Waals surface area contributed by atoms with E-state index in [1.54, 1.807) is 31.4 Å². The Balaban J connectivity index is 1.54. The quantitative estimate of drug-likeness (QED) is 0.836. The average Bonchev–Trinajstić information content (AvgIpc) is 2.66. The molecule has 6 heteroatoms. The van der Waals surface area contributed by atoms with Crippen LogP contribution in [0.4, 0.5) is 5.69 Å². The maximum Gasteiger partial charge on any atom is 0.313 e. The molecular weight excluding hydrogens is 320 g/mol. The van der Waals surface area contributed by atoms with Gasteiger partial charge >= 0.3 is 11.8 Å². The molecule has 1 aliphatic heterocycles. The zero-order valence-corrected chi connectivity index (χ0v) is 14.0. The van der Waals surface area contributed by atoms with Gasteiger partial charge < -0.3 is 20.1 Å². The van der Waals surface area contributed by atoms with Crippen LogP contribution in [0, 0.1) is 0 Å². The molecule has 0 saturated heterocycles. The van der Waals surface area contributed by atoms with E-state index in [2.05, 4.69) is 16.7 Å². The first kappa shape index (κ1) is 17.0. The number of fused-ring (bicyclic) bond motifs is 1. The summed E-state index contributed by atoms with van der Waals surface area (Å²) in [5, 5.41) is 5.19. The Hall–Kier alpha value is -2.86. The summed E-state index contributed by atoms with van der Waals surface area (Å²) in [5.74, 6) is -0.729. The highest BCUT2D eigenvalue weighted by Crippen LogP contribution is 2.26. The van der Waals surface area contributed by atoms with Gasteiger partial charge in [-0.15, -0.1) is 0 Å². The third-order valence-corrected chi connectivity index (χ3v) is 4.09. The number of benzene rings is 2. The Morgan fingerprint density at radius 1 is 1.12 bits per heavy atom. The van der Waals surface area contributed by atoms with Gasteiger partial charge in [0.05, 0.1) is 13.7 Å². The maximum absolute atomic E-state index is 12.0. The van der Waals surface area contributed by atoms with Gasteiger partial charge in [0.1, 0.15) is 11.9 Å². The molecule has 0 saturated carbocycles. The minimum Gasteiger partial charge on any atom is -0.497 e. The summed E-state index contributed by atoms with van der Waals surface area (Å²) < 4.78 is 10.8. The number of carbonyl (C=O) groups is 2. The van der Waals surface area contributed by atoms with Gasteiger partial charge in [-0.25, -0.2) is 0 Å². The second kappa shape index (κ2) is 7.81. The van der Waals surface area contributed by atoms with Gasteiger partial charge in [0.2, 0.25) is 0 Å². The fourth-order valence-corrected chi connectivity index (χ4v) is 2.77. The molecule has 25 heavy (non-hydrogen) atoms. The molecule has 2 aromatic carbocycles. The number of methoxy groups -OCH3 is 1. The molecule has 0 aromatic heterocycles. The molecule has 2 N–H and O–H groups in total. The second-order valence-electron chi connectivity index (χ2n) is 5.70. The summed E-state index contributed by atoms with van der Waals surface area (Å²) in [4.78, 5) is 24.0. The van der Waals surface area contributed by atoms with Gasteiger partial charge in [-0.05, 0) is 41.8 Å². The summed E-state index contributed by atoms with van der Waals surface area (Å²) in [6.45, 7) is 0.863. The van der Waals surface area contributed by atoms with Crippen molar-refractivity contribution >= 4 is 17.5 Å². The molecule has 130 valence electrons. The molecule has 0 bridgehead atoms. The van der Waals surface area contributed by atoms with Gasteiger partial charge in [0.25, 0.3) is 0 Å². The molecule has 0 radical (unpaired) electrons. The predicted molar refractivity (Wildman–Crippen MR) is 93.5 cm³/mol. The van der Waals surface area contributed by atoms with E-state index in [1.165, 1.54) is 5.56 Å². The Morgan fingerprint density at radius 2 is 1.88 bits per heavy atom. The van der Waals surface area contributed by atoms with E-state index in [1.807, 2.05) is 18.2 Å². The molecule has 3 rings (SSSR count). The molecule has 1 aliphatic rings. The first-order valence-corrected chi connectivity index (χ1v) is 8.10. The van der Waals surface area contributed by atoms with Gasteiger partial charge in [-0.3, -0.25) is 9.59 Å². The Kier molecular flexibility index (Phi) is 5.30. The summed E-state index contributed by atoms with van der Waals surface area (Å²) in [6.07, 6.45) is 0.626. The number of nitrogens with one attached hydrogen (secondary N) is 2. The van der Waals surface area contributed by atoms with Crippen LogP contribution < -0.4 is 15.4 Å². The van der Waals surface area contributed by atoms with E-state index >= 15 is 0 Å². The summed E-state index contributed by atoms with van der Waals surface area (Å²) in [6, 6.07) is 14.7. The van der Waals surface area contributed by atoms with Crippen molar-refractivity contribution in [1.82, 2.24) is 5.32 Å². The van der Waals surface area contributed by atoms with Crippen LogP contribution in [0.15, 0.2) is 48.5 Å². The lowest BCUT2D eigenvalue weighted by molar-refractivity contribution is -0.136. The van der Waals surface area contributed by atoms with Gasteiger partial charge in [0.15, 0.2) is 0 Å². The highest BCUT2D eigenvalue weighted by atomic mass is 16.5. The first-order valence-electron chi connectivity index (χ1n) is 8.10. The highest BCUT2D eigenvalue weighted by molar-refractivity contribution is 6.39.